The van der Waals surface area contributed by atoms with E-state index in [1.54, 1.807) is 6.07 Å². The van der Waals surface area contributed by atoms with E-state index in [4.69, 9.17) is 4.74 Å². The Balaban J connectivity index is 1.61. The Morgan fingerprint density at radius 3 is 2.40 bits per heavy atom. The summed E-state index contributed by atoms with van der Waals surface area (Å²) in [6.45, 7) is 3.48. The molecular formula is C23H30N2O4S. The Bertz CT molecular complexity index is 979. The van der Waals surface area contributed by atoms with Crippen molar-refractivity contribution in [1.82, 2.24) is 9.62 Å². The van der Waals surface area contributed by atoms with E-state index in [1.807, 2.05) is 4.90 Å². The molecule has 2 aromatic rings. The number of carbonyl (C=O) groups is 1. The summed E-state index contributed by atoms with van der Waals surface area (Å²) in [5.74, 6) is 0.685. The van der Waals surface area contributed by atoms with Gasteiger partial charge in [-0.3, -0.25) is 4.79 Å². The van der Waals surface area contributed by atoms with E-state index < -0.39 is 10.0 Å². The van der Waals surface area contributed by atoms with E-state index in [9.17, 15) is 13.2 Å². The number of hydrogen-bond donors (Lipinski definition) is 1. The van der Waals surface area contributed by atoms with Gasteiger partial charge in [-0.25, -0.2) is 13.1 Å². The predicted octanol–water partition coefficient (Wildman–Crippen LogP) is 3.40. The van der Waals surface area contributed by atoms with Crippen molar-refractivity contribution < 1.29 is 17.9 Å². The Morgan fingerprint density at radius 2 is 1.80 bits per heavy atom. The van der Waals surface area contributed by atoms with Gasteiger partial charge in [0.1, 0.15) is 10.6 Å². The van der Waals surface area contributed by atoms with Crippen molar-refractivity contribution in [1.29, 1.82) is 0 Å². The van der Waals surface area contributed by atoms with Crippen LogP contribution in [0.4, 0.5) is 0 Å². The fourth-order valence-corrected chi connectivity index (χ4v) is 4.78. The number of benzene rings is 2. The van der Waals surface area contributed by atoms with E-state index in [0.29, 0.717) is 24.6 Å². The number of rotatable bonds is 7. The van der Waals surface area contributed by atoms with Gasteiger partial charge < -0.3 is 9.64 Å². The van der Waals surface area contributed by atoms with Gasteiger partial charge in [-0.05, 0) is 69.3 Å². The van der Waals surface area contributed by atoms with Crippen LogP contribution >= 0.6 is 0 Å². The second-order valence-electron chi connectivity index (χ2n) is 7.83. The summed E-state index contributed by atoms with van der Waals surface area (Å²) in [6.07, 6.45) is 4.12. The van der Waals surface area contributed by atoms with Crippen LogP contribution in [0.15, 0.2) is 47.4 Å². The molecule has 0 unspecified atom stereocenters. The maximum Gasteiger partial charge on any atom is 0.253 e. The van der Waals surface area contributed by atoms with Gasteiger partial charge in [0, 0.05) is 18.7 Å². The highest BCUT2D eigenvalue weighted by Crippen LogP contribution is 2.27. The minimum absolute atomic E-state index is 0.0219. The molecule has 1 aliphatic rings. The zero-order valence-corrected chi connectivity index (χ0v) is 18.7. The molecule has 1 N–H and O–H groups in total. The Labute approximate surface area is 179 Å². The summed E-state index contributed by atoms with van der Waals surface area (Å²) in [5, 5.41) is 0. The minimum Gasteiger partial charge on any atom is -0.495 e. The maximum absolute atomic E-state index is 13.0. The lowest BCUT2D eigenvalue weighted by Crippen LogP contribution is -2.38. The molecule has 2 aromatic carbocycles. The lowest BCUT2D eigenvalue weighted by molar-refractivity contribution is 0.0686. The molecule has 6 nitrogen and oxygen atoms in total. The van der Waals surface area contributed by atoms with Crippen LogP contribution in [0.3, 0.4) is 0 Å². The van der Waals surface area contributed by atoms with Crippen molar-refractivity contribution in [2.45, 2.75) is 37.5 Å². The van der Waals surface area contributed by atoms with Crippen molar-refractivity contribution >= 4 is 15.9 Å². The predicted molar refractivity (Wildman–Crippen MR) is 117 cm³/mol. The van der Waals surface area contributed by atoms with Crippen LogP contribution in [0.5, 0.6) is 5.75 Å². The van der Waals surface area contributed by atoms with Gasteiger partial charge in [-0.15, -0.1) is 0 Å². The fraction of sp³-hybridized carbons (Fsp3) is 0.435. The fourth-order valence-electron chi connectivity index (χ4n) is 3.86. The van der Waals surface area contributed by atoms with Crippen molar-refractivity contribution in [3.05, 3.63) is 59.2 Å². The van der Waals surface area contributed by atoms with Crippen LogP contribution in [0.2, 0.25) is 0 Å². The van der Waals surface area contributed by atoms with Crippen LogP contribution in [-0.2, 0) is 16.4 Å². The van der Waals surface area contributed by atoms with Gasteiger partial charge in [0.25, 0.3) is 5.91 Å². The molecule has 162 valence electrons. The molecule has 0 spiro atoms. The molecule has 0 bridgehead atoms. The number of aryl methyl sites for hydroxylation is 2. The Hall–Kier alpha value is -2.38. The largest absolute Gasteiger partial charge is 0.495 e. The standard InChI is InChI=1S/C23H30N2O4S/c1-17-4-6-18(7-5-17)8-9-19-12-14-25(15-13-19)23(26)20-10-11-21(29-3)22(16-20)30(27,28)24-2/h4-7,10-11,16,19,24H,8-9,12-15H2,1-3H3. The average Bonchev–Trinajstić information content (AvgIpc) is 2.78. The van der Waals surface area contributed by atoms with Crippen LogP contribution in [0.1, 0.15) is 40.7 Å². The summed E-state index contributed by atoms with van der Waals surface area (Å²) in [7, 11) is -0.971. The molecule has 0 radical (unpaired) electrons. The van der Waals surface area contributed by atoms with Gasteiger partial charge in [0.15, 0.2) is 0 Å². The van der Waals surface area contributed by atoms with Crippen molar-refractivity contribution in [2.75, 3.05) is 27.2 Å². The van der Waals surface area contributed by atoms with E-state index in [-0.39, 0.29) is 16.6 Å². The molecule has 1 fully saturated rings. The number of hydrogen-bond acceptors (Lipinski definition) is 4. The maximum atomic E-state index is 13.0. The van der Waals surface area contributed by atoms with Gasteiger partial charge in [-0.1, -0.05) is 29.8 Å². The van der Waals surface area contributed by atoms with Crippen LogP contribution < -0.4 is 9.46 Å². The number of nitrogens with one attached hydrogen (secondary N) is 1. The molecule has 3 rings (SSSR count). The van der Waals surface area contributed by atoms with E-state index in [2.05, 4.69) is 35.9 Å². The summed E-state index contributed by atoms with van der Waals surface area (Å²) < 4.78 is 32.0. The number of methoxy groups -OCH3 is 1. The molecule has 0 aromatic heterocycles. The van der Waals surface area contributed by atoms with Gasteiger partial charge >= 0.3 is 0 Å². The molecular weight excluding hydrogens is 400 g/mol. The minimum atomic E-state index is -3.72. The third-order valence-corrected chi connectivity index (χ3v) is 7.27. The van der Waals surface area contributed by atoms with Crippen LogP contribution in [0.25, 0.3) is 0 Å². The zero-order chi connectivity index (χ0) is 21.7. The third kappa shape index (κ3) is 5.21. The number of nitrogens with zero attached hydrogens (tertiary/aromatic N) is 1. The van der Waals surface area contributed by atoms with Crippen LogP contribution in [0, 0.1) is 12.8 Å². The second-order valence-corrected chi connectivity index (χ2v) is 9.69. The first-order valence-corrected chi connectivity index (χ1v) is 11.8. The number of ether oxygens (including phenoxy) is 1. The smallest absolute Gasteiger partial charge is 0.253 e. The summed E-state index contributed by atoms with van der Waals surface area (Å²) >= 11 is 0. The van der Waals surface area contributed by atoms with E-state index >= 15 is 0 Å². The molecule has 1 heterocycles. The van der Waals surface area contributed by atoms with Gasteiger partial charge in [-0.2, -0.15) is 0 Å². The number of amides is 1. The Kier molecular flexibility index (Phi) is 7.15. The first kappa shape index (κ1) is 22.3. The monoisotopic (exact) mass is 430 g/mol. The molecule has 0 atom stereocenters. The molecule has 7 heteroatoms. The molecule has 1 saturated heterocycles. The van der Waals surface area contributed by atoms with Gasteiger partial charge in [0.05, 0.1) is 7.11 Å². The van der Waals surface area contributed by atoms with E-state index in [0.717, 1.165) is 25.7 Å². The van der Waals surface area contributed by atoms with Crippen molar-refractivity contribution in [2.24, 2.45) is 5.92 Å². The number of likely N-dealkylation sites (tertiary alicyclic amines) is 1. The van der Waals surface area contributed by atoms with Crippen molar-refractivity contribution in [3.8, 4) is 5.75 Å². The lowest BCUT2D eigenvalue weighted by Gasteiger charge is -2.32. The van der Waals surface area contributed by atoms with Crippen LogP contribution in [-0.4, -0.2) is 46.5 Å². The normalized spacial score (nSPS) is 15.2. The average molecular weight is 431 g/mol. The number of carbonyl (C=O) groups excluding carboxylic acids is 1. The first-order valence-electron chi connectivity index (χ1n) is 10.3. The molecule has 1 aliphatic heterocycles. The lowest BCUT2D eigenvalue weighted by atomic mass is 9.90. The van der Waals surface area contributed by atoms with Gasteiger partial charge in [0.2, 0.25) is 10.0 Å². The number of piperidine rings is 1. The number of sulfonamides is 1. The summed E-state index contributed by atoms with van der Waals surface area (Å²) in [4.78, 5) is 14.8. The SMILES string of the molecule is CNS(=O)(=O)c1cc(C(=O)N2CCC(CCc3ccc(C)cc3)CC2)ccc1OC. The van der Waals surface area contributed by atoms with Crippen molar-refractivity contribution in [3.63, 3.8) is 0 Å². The summed E-state index contributed by atoms with van der Waals surface area (Å²) in [5.41, 5.74) is 2.99. The highest BCUT2D eigenvalue weighted by Gasteiger charge is 2.26. The molecule has 0 saturated carbocycles. The highest BCUT2D eigenvalue weighted by atomic mass is 32.2. The molecule has 30 heavy (non-hydrogen) atoms. The quantitative estimate of drug-likeness (QED) is 0.731. The molecule has 0 aliphatic carbocycles. The summed E-state index contributed by atoms with van der Waals surface area (Å²) in [6, 6.07) is 13.2. The zero-order valence-electron chi connectivity index (χ0n) is 17.8. The second kappa shape index (κ2) is 9.62. The van der Waals surface area contributed by atoms with E-state index in [1.165, 1.54) is 37.4 Å². The third-order valence-electron chi connectivity index (χ3n) is 5.83. The Morgan fingerprint density at radius 1 is 1.13 bits per heavy atom. The topological polar surface area (TPSA) is 75.7 Å². The highest BCUT2D eigenvalue weighted by molar-refractivity contribution is 7.89. The first-order chi connectivity index (χ1) is 14.3. The molecule has 1 amide bonds.